The summed E-state index contributed by atoms with van der Waals surface area (Å²) in [6.45, 7) is 0. The number of aryl methyl sites for hydroxylation is 1. The number of fused-ring (bicyclic) bond motifs is 1. The highest BCUT2D eigenvalue weighted by atomic mass is 35.5. The van der Waals surface area contributed by atoms with Crippen molar-refractivity contribution in [2.24, 2.45) is 7.05 Å². The lowest BCUT2D eigenvalue weighted by atomic mass is 10.2. The maximum Gasteiger partial charge on any atom is 0.252 e. The summed E-state index contributed by atoms with van der Waals surface area (Å²) in [4.78, 5) is 10.8. The summed E-state index contributed by atoms with van der Waals surface area (Å²) in [5, 5.41) is 4.66. The Morgan fingerprint density at radius 2 is 2.31 bits per heavy atom. The number of halogens is 1. The molecule has 66 valence electrons. The van der Waals surface area contributed by atoms with Gasteiger partial charge in [0.25, 0.3) is 5.24 Å². The Bertz CT molecular complexity index is 475. The molecule has 0 amide bonds. The highest BCUT2D eigenvalue weighted by Crippen LogP contribution is 2.15. The van der Waals surface area contributed by atoms with Crippen LogP contribution in [0.15, 0.2) is 24.4 Å². The van der Waals surface area contributed by atoms with Gasteiger partial charge < -0.3 is 0 Å². The summed E-state index contributed by atoms with van der Waals surface area (Å²) in [6.07, 6.45) is 1.85. The quantitative estimate of drug-likeness (QED) is 0.651. The molecule has 1 aromatic heterocycles. The van der Waals surface area contributed by atoms with E-state index in [2.05, 4.69) is 5.10 Å². The minimum Gasteiger partial charge on any atom is -0.276 e. The van der Waals surface area contributed by atoms with Gasteiger partial charge in [0, 0.05) is 24.2 Å². The van der Waals surface area contributed by atoms with E-state index in [9.17, 15) is 4.79 Å². The van der Waals surface area contributed by atoms with Crippen LogP contribution in [0.2, 0.25) is 0 Å². The summed E-state index contributed by atoms with van der Waals surface area (Å²) in [5.41, 5.74) is 1.37. The van der Waals surface area contributed by atoms with Gasteiger partial charge in [-0.15, -0.1) is 0 Å². The Morgan fingerprint density at radius 1 is 1.54 bits per heavy atom. The number of carbonyl (C=O) groups is 1. The summed E-state index contributed by atoms with van der Waals surface area (Å²) in [6, 6.07) is 5.19. The Hall–Kier alpha value is -1.35. The van der Waals surface area contributed by atoms with Crippen molar-refractivity contribution >= 4 is 27.7 Å². The molecule has 0 radical (unpaired) electrons. The molecule has 0 aliphatic carbocycles. The second-order valence-electron chi connectivity index (χ2n) is 2.85. The van der Waals surface area contributed by atoms with E-state index in [4.69, 9.17) is 11.6 Å². The van der Waals surface area contributed by atoms with Gasteiger partial charge in [0.05, 0.1) is 5.52 Å². The number of hydrogen-bond donors (Lipinski definition) is 0. The number of carbonyl (C=O) groups excluding carboxylic acids is 1. The fraction of sp³-hybridized carbons (Fsp3) is 0.111. The van der Waals surface area contributed by atoms with Crippen molar-refractivity contribution in [2.45, 2.75) is 0 Å². The predicted octanol–water partition coefficient (Wildman–Crippen LogP) is 1.95. The topological polar surface area (TPSA) is 34.9 Å². The Kier molecular flexibility index (Phi) is 1.81. The molecule has 0 bridgehead atoms. The van der Waals surface area contributed by atoms with E-state index >= 15 is 0 Å². The number of aromatic nitrogens is 2. The molecule has 2 aromatic rings. The largest absolute Gasteiger partial charge is 0.276 e. The van der Waals surface area contributed by atoms with Gasteiger partial charge in [-0.1, -0.05) is 0 Å². The summed E-state index contributed by atoms with van der Waals surface area (Å²) in [5.74, 6) is 0. The first-order valence-corrected chi connectivity index (χ1v) is 4.18. The van der Waals surface area contributed by atoms with Crippen molar-refractivity contribution in [1.29, 1.82) is 0 Å². The van der Waals surface area contributed by atoms with Crippen LogP contribution in [0.3, 0.4) is 0 Å². The van der Waals surface area contributed by atoms with Crippen LogP contribution in [0.4, 0.5) is 0 Å². The van der Waals surface area contributed by atoms with Crippen molar-refractivity contribution in [3.8, 4) is 0 Å². The third-order valence-electron chi connectivity index (χ3n) is 1.85. The van der Waals surface area contributed by atoms with Crippen molar-refractivity contribution in [3.63, 3.8) is 0 Å². The average molecular weight is 195 g/mol. The first kappa shape index (κ1) is 8.26. The molecule has 3 nitrogen and oxygen atoms in total. The van der Waals surface area contributed by atoms with Crippen LogP contribution in [0.5, 0.6) is 0 Å². The van der Waals surface area contributed by atoms with Crippen LogP contribution >= 0.6 is 11.6 Å². The minimum atomic E-state index is -0.439. The average Bonchev–Trinajstić information content (AvgIpc) is 2.42. The molecule has 0 saturated heterocycles. The van der Waals surface area contributed by atoms with Crippen molar-refractivity contribution < 1.29 is 4.79 Å². The van der Waals surface area contributed by atoms with Crippen LogP contribution in [0.1, 0.15) is 10.4 Å². The summed E-state index contributed by atoms with van der Waals surface area (Å²) < 4.78 is 1.70. The third kappa shape index (κ3) is 1.42. The second-order valence-corrected chi connectivity index (χ2v) is 3.19. The van der Waals surface area contributed by atoms with E-state index < -0.39 is 5.24 Å². The van der Waals surface area contributed by atoms with E-state index in [1.54, 1.807) is 22.9 Å². The smallest absolute Gasteiger partial charge is 0.252 e. The zero-order valence-corrected chi connectivity index (χ0v) is 7.75. The summed E-state index contributed by atoms with van der Waals surface area (Å²) >= 11 is 5.34. The van der Waals surface area contributed by atoms with Crippen LogP contribution in [-0.4, -0.2) is 15.0 Å². The Balaban J connectivity index is 2.67. The maximum absolute atomic E-state index is 10.8. The number of nitrogens with zero attached hydrogens (tertiary/aromatic N) is 2. The van der Waals surface area contributed by atoms with Gasteiger partial charge in [-0.05, 0) is 29.8 Å². The standard InChI is InChI=1S/C9H7ClN2O/c1-12-5-7-4-6(9(10)13)2-3-8(7)11-12/h2-5H,1H3. The first-order chi connectivity index (χ1) is 6.16. The van der Waals surface area contributed by atoms with Crippen LogP contribution in [0, 0.1) is 0 Å². The van der Waals surface area contributed by atoms with E-state index in [1.807, 2.05) is 13.2 Å². The molecule has 0 saturated carbocycles. The molecule has 1 aromatic carbocycles. The molecule has 0 fully saturated rings. The fourth-order valence-electron chi connectivity index (χ4n) is 1.27. The maximum atomic E-state index is 10.8. The minimum absolute atomic E-state index is 0.439. The monoisotopic (exact) mass is 194 g/mol. The number of benzene rings is 1. The molecular weight excluding hydrogens is 188 g/mol. The van der Waals surface area contributed by atoms with Gasteiger partial charge in [-0.3, -0.25) is 9.48 Å². The zero-order valence-electron chi connectivity index (χ0n) is 6.99. The molecule has 0 unspecified atom stereocenters. The van der Waals surface area contributed by atoms with Gasteiger partial charge in [0.15, 0.2) is 0 Å². The second kappa shape index (κ2) is 2.85. The zero-order chi connectivity index (χ0) is 9.42. The van der Waals surface area contributed by atoms with Crippen molar-refractivity contribution in [1.82, 2.24) is 9.78 Å². The van der Waals surface area contributed by atoms with E-state index in [1.165, 1.54) is 0 Å². The van der Waals surface area contributed by atoms with Gasteiger partial charge in [-0.2, -0.15) is 5.10 Å². The van der Waals surface area contributed by atoms with Crippen LogP contribution < -0.4 is 0 Å². The highest BCUT2D eigenvalue weighted by molar-refractivity contribution is 6.67. The lowest BCUT2D eigenvalue weighted by Crippen LogP contribution is -1.86. The number of rotatable bonds is 1. The Labute approximate surface area is 79.9 Å². The third-order valence-corrected chi connectivity index (χ3v) is 2.06. The Morgan fingerprint density at radius 3 is 3.00 bits per heavy atom. The van der Waals surface area contributed by atoms with Gasteiger partial charge in [-0.25, -0.2) is 0 Å². The predicted molar refractivity (Wildman–Crippen MR) is 50.9 cm³/mol. The van der Waals surface area contributed by atoms with Crippen LogP contribution in [-0.2, 0) is 7.05 Å². The lowest BCUT2D eigenvalue weighted by molar-refractivity contribution is 0.108. The van der Waals surface area contributed by atoms with E-state index in [0.29, 0.717) is 5.56 Å². The van der Waals surface area contributed by atoms with Gasteiger partial charge >= 0.3 is 0 Å². The fourth-order valence-corrected chi connectivity index (χ4v) is 1.39. The van der Waals surface area contributed by atoms with E-state index in [-0.39, 0.29) is 0 Å². The molecule has 0 aliphatic heterocycles. The lowest BCUT2D eigenvalue weighted by Gasteiger charge is -1.91. The molecule has 0 atom stereocenters. The van der Waals surface area contributed by atoms with Crippen LogP contribution in [0.25, 0.3) is 10.9 Å². The first-order valence-electron chi connectivity index (χ1n) is 3.80. The molecule has 0 spiro atoms. The molecule has 13 heavy (non-hydrogen) atoms. The van der Waals surface area contributed by atoms with Crippen molar-refractivity contribution in [2.75, 3.05) is 0 Å². The van der Waals surface area contributed by atoms with Gasteiger partial charge in [0.2, 0.25) is 0 Å². The molecule has 0 N–H and O–H groups in total. The molecular formula is C9H7ClN2O. The van der Waals surface area contributed by atoms with Gasteiger partial charge in [0.1, 0.15) is 0 Å². The SMILES string of the molecule is Cn1cc2cc(C(=O)Cl)ccc2n1. The number of hydrogen-bond acceptors (Lipinski definition) is 2. The summed E-state index contributed by atoms with van der Waals surface area (Å²) in [7, 11) is 1.84. The molecule has 0 aliphatic rings. The molecule has 4 heteroatoms. The molecule has 1 heterocycles. The van der Waals surface area contributed by atoms with E-state index in [0.717, 1.165) is 10.9 Å². The normalized spacial score (nSPS) is 10.6. The molecule has 2 rings (SSSR count). The van der Waals surface area contributed by atoms with Crippen molar-refractivity contribution in [3.05, 3.63) is 30.0 Å². The highest BCUT2D eigenvalue weighted by Gasteiger charge is 2.04.